The Morgan fingerprint density at radius 2 is 1.71 bits per heavy atom. The zero-order chi connectivity index (χ0) is 20.3. The summed E-state index contributed by atoms with van der Waals surface area (Å²) in [6, 6.07) is 14.2. The Morgan fingerprint density at radius 3 is 2.36 bits per heavy atom. The lowest BCUT2D eigenvalue weighted by atomic mass is 9.96. The van der Waals surface area contributed by atoms with Crippen molar-refractivity contribution in [2.75, 3.05) is 13.1 Å². The molecule has 28 heavy (non-hydrogen) atoms. The number of benzene rings is 2. The monoisotopic (exact) mass is 440 g/mol. The molecule has 5 nitrogen and oxygen atoms in total. The van der Waals surface area contributed by atoms with Crippen LogP contribution in [0.2, 0.25) is 10.0 Å². The first-order chi connectivity index (χ1) is 13.3. The average molecular weight is 441 g/mol. The van der Waals surface area contributed by atoms with Crippen LogP contribution in [-0.2, 0) is 14.8 Å². The van der Waals surface area contributed by atoms with Crippen LogP contribution in [0.25, 0.3) is 0 Å². The van der Waals surface area contributed by atoms with E-state index in [1.165, 1.54) is 10.4 Å². The summed E-state index contributed by atoms with van der Waals surface area (Å²) in [6.45, 7) is 2.47. The maximum absolute atomic E-state index is 12.9. The predicted octanol–water partition coefficient (Wildman–Crippen LogP) is 4.27. The van der Waals surface area contributed by atoms with Gasteiger partial charge in [0.05, 0.1) is 16.1 Å². The molecule has 2 aromatic carbocycles. The van der Waals surface area contributed by atoms with E-state index in [0.29, 0.717) is 12.8 Å². The maximum Gasteiger partial charge on any atom is 0.244 e. The fourth-order valence-electron chi connectivity index (χ4n) is 3.34. The highest BCUT2D eigenvalue weighted by Crippen LogP contribution is 2.32. The molecule has 2 aromatic rings. The van der Waals surface area contributed by atoms with E-state index < -0.39 is 10.0 Å². The largest absolute Gasteiger partial charge is 0.349 e. The van der Waals surface area contributed by atoms with Crippen LogP contribution in [0.1, 0.15) is 31.4 Å². The van der Waals surface area contributed by atoms with E-state index in [1.807, 2.05) is 37.3 Å². The summed E-state index contributed by atoms with van der Waals surface area (Å²) in [6.07, 6.45) is 0.926. The molecule has 0 aromatic heterocycles. The third-order valence-electron chi connectivity index (χ3n) is 5.02. The lowest BCUT2D eigenvalue weighted by Crippen LogP contribution is -2.43. The molecule has 0 saturated carbocycles. The Balaban J connectivity index is 1.62. The summed E-state index contributed by atoms with van der Waals surface area (Å²) in [7, 11) is -3.75. The summed E-state index contributed by atoms with van der Waals surface area (Å²) in [4.78, 5) is 12.6. The number of sulfonamides is 1. The van der Waals surface area contributed by atoms with Gasteiger partial charge < -0.3 is 5.32 Å². The third-order valence-corrected chi connectivity index (χ3v) is 7.89. The molecule has 1 saturated heterocycles. The Kier molecular flexibility index (Phi) is 6.65. The number of nitrogens with one attached hydrogen (secondary N) is 1. The number of rotatable bonds is 5. The minimum absolute atomic E-state index is 0.00210. The van der Waals surface area contributed by atoms with E-state index in [0.717, 1.165) is 5.56 Å². The first-order valence-corrected chi connectivity index (χ1v) is 11.3. The predicted molar refractivity (Wildman–Crippen MR) is 111 cm³/mol. The summed E-state index contributed by atoms with van der Waals surface area (Å²) in [5.41, 5.74) is 1.03. The molecule has 1 aliphatic heterocycles. The summed E-state index contributed by atoms with van der Waals surface area (Å²) in [5.74, 6) is -0.262. The number of hydrogen-bond donors (Lipinski definition) is 1. The van der Waals surface area contributed by atoms with Crippen LogP contribution in [-0.4, -0.2) is 31.7 Å². The Hall–Kier alpha value is -1.60. The normalized spacial score (nSPS) is 17.2. The second kappa shape index (κ2) is 8.82. The quantitative estimate of drug-likeness (QED) is 0.754. The Bertz CT molecular complexity index is 943. The van der Waals surface area contributed by atoms with E-state index in [4.69, 9.17) is 23.2 Å². The number of halogens is 2. The van der Waals surface area contributed by atoms with Gasteiger partial charge in [-0.05, 0) is 37.5 Å². The Morgan fingerprint density at radius 1 is 1.07 bits per heavy atom. The zero-order valence-corrected chi connectivity index (χ0v) is 17.8. The van der Waals surface area contributed by atoms with Crippen LogP contribution in [0.5, 0.6) is 0 Å². The Labute approximate surface area is 175 Å². The standard InChI is InChI=1S/C20H22Cl2N2O3S/c1-14(15-6-3-2-4-7-15)23-20(25)16-10-12-24(13-11-16)28(26,27)18-9-5-8-17(21)19(18)22/h2-9,14,16H,10-13H2,1H3,(H,23,25)/t14-/m1/s1. The van der Waals surface area contributed by atoms with Gasteiger partial charge in [0, 0.05) is 19.0 Å². The molecule has 0 bridgehead atoms. The molecule has 1 heterocycles. The second-order valence-electron chi connectivity index (χ2n) is 6.87. The van der Waals surface area contributed by atoms with Gasteiger partial charge in [-0.2, -0.15) is 4.31 Å². The van der Waals surface area contributed by atoms with Crippen LogP contribution in [0.4, 0.5) is 0 Å². The molecular formula is C20H22Cl2N2O3S. The maximum atomic E-state index is 12.9. The lowest BCUT2D eigenvalue weighted by Gasteiger charge is -2.31. The van der Waals surface area contributed by atoms with E-state index in [1.54, 1.807) is 12.1 Å². The van der Waals surface area contributed by atoms with Gasteiger partial charge in [0.15, 0.2) is 0 Å². The summed E-state index contributed by atoms with van der Waals surface area (Å²) >= 11 is 12.0. The van der Waals surface area contributed by atoms with Gasteiger partial charge in [-0.15, -0.1) is 0 Å². The van der Waals surface area contributed by atoms with Crippen LogP contribution < -0.4 is 5.32 Å². The zero-order valence-electron chi connectivity index (χ0n) is 15.4. The van der Waals surface area contributed by atoms with E-state index in [2.05, 4.69) is 5.32 Å². The molecule has 1 N–H and O–H groups in total. The number of nitrogens with zero attached hydrogens (tertiary/aromatic N) is 1. The van der Waals surface area contributed by atoms with Gasteiger partial charge in [-0.1, -0.05) is 59.6 Å². The van der Waals surface area contributed by atoms with Crippen molar-refractivity contribution in [2.24, 2.45) is 5.92 Å². The SMILES string of the molecule is C[C@@H](NC(=O)C1CCN(S(=O)(=O)c2cccc(Cl)c2Cl)CC1)c1ccccc1. The van der Waals surface area contributed by atoms with Gasteiger partial charge in [0.2, 0.25) is 15.9 Å². The van der Waals surface area contributed by atoms with Crippen molar-refractivity contribution in [1.29, 1.82) is 0 Å². The van der Waals surface area contributed by atoms with E-state index >= 15 is 0 Å². The smallest absolute Gasteiger partial charge is 0.244 e. The van der Waals surface area contributed by atoms with Gasteiger partial charge in [0.25, 0.3) is 0 Å². The number of amides is 1. The number of carbonyl (C=O) groups excluding carboxylic acids is 1. The minimum Gasteiger partial charge on any atom is -0.349 e. The van der Waals surface area contributed by atoms with Crippen LogP contribution >= 0.6 is 23.2 Å². The van der Waals surface area contributed by atoms with Crippen molar-refractivity contribution in [3.05, 3.63) is 64.1 Å². The lowest BCUT2D eigenvalue weighted by molar-refractivity contribution is -0.126. The van der Waals surface area contributed by atoms with Crippen LogP contribution in [0.15, 0.2) is 53.4 Å². The summed E-state index contributed by atoms with van der Waals surface area (Å²) in [5, 5.41) is 3.25. The highest BCUT2D eigenvalue weighted by atomic mass is 35.5. The van der Waals surface area contributed by atoms with Crippen molar-refractivity contribution < 1.29 is 13.2 Å². The average Bonchev–Trinajstić information content (AvgIpc) is 2.70. The molecule has 1 aliphatic rings. The molecule has 8 heteroatoms. The summed E-state index contributed by atoms with van der Waals surface area (Å²) < 4.78 is 27.1. The molecule has 1 amide bonds. The highest BCUT2D eigenvalue weighted by Gasteiger charge is 2.33. The van der Waals surface area contributed by atoms with E-state index in [-0.39, 0.29) is 45.9 Å². The second-order valence-corrected chi connectivity index (χ2v) is 9.56. The van der Waals surface area contributed by atoms with Crippen LogP contribution in [0.3, 0.4) is 0 Å². The van der Waals surface area contributed by atoms with Crippen LogP contribution in [0, 0.1) is 5.92 Å². The molecule has 3 rings (SSSR count). The molecule has 0 unspecified atom stereocenters. The van der Waals surface area contributed by atoms with Gasteiger partial charge in [-0.25, -0.2) is 8.42 Å². The fraction of sp³-hybridized carbons (Fsp3) is 0.350. The van der Waals surface area contributed by atoms with E-state index in [9.17, 15) is 13.2 Å². The van der Waals surface area contributed by atoms with Crippen molar-refractivity contribution in [1.82, 2.24) is 9.62 Å². The third kappa shape index (κ3) is 4.51. The number of hydrogen-bond acceptors (Lipinski definition) is 3. The topological polar surface area (TPSA) is 66.5 Å². The number of piperidine rings is 1. The van der Waals surface area contributed by atoms with Gasteiger partial charge in [-0.3, -0.25) is 4.79 Å². The molecule has 0 spiro atoms. The molecule has 0 radical (unpaired) electrons. The van der Waals surface area contributed by atoms with Crippen molar-refractivity contribution in [3.8, 4) is 0 Å². The van der Waals surface area contributed by atoms with Gasteiger partial charge in [0.1, 0.15) is 4.90 Å². The van der Waals surface area contributed by atoms with Crippen molar-refractivity contribution in [2.45, 2.75) is 30.7 Å². The number of carbonyl (C=O) groups is 1. The van der Waals surface area contributed by atoms with Gasteiger partial charge >= 0.3 is 0 Å². The molecule has 0 aliphatic carbocycles. The first kappa shape index (κ1) is 21.1. The minimum atomic E-state index is -3.75. The van der Waals surface area contributed by atoms with Crippen molar-refractivity contribution in [3.63, 3.8) is 0 Å². The highest BCUT2D eigenvalue weighted by molar-refractivity contribution is 7.89. The molecule has 150 valence electrons. The first-order valence-electron chi connectivity index (χ1n) is 9.10. The molecule has 1 fully saturated rings. The molecular weight excluding hydrogens is 419 g/mol. The van der Waals surface area contributed by atoms with Crippen molar-refractivity contribution >= 4 is 39.1 Å². The molecule has 1 atom stereocenters. The fourth-order valence-corrected chi connectivity index (χ4v) is 5.54.